The first-order valence-corrected chi connectivity index (χ1v) is 17.6. The molecule has 1 aliphatic rings. The van der Waals surface area contributed by atoms with Gasteiger partial charge in [-0.05, 0) is 60.4 Å². The number of ether oxygens (including phenoxy) is 1. The number of carbonyl (C=O) groups is 2. The lowest BCUT2D eigenvalue weighted by Gasteiger charge is -2.31. The third-order valence-electron chi connectivity index (χ3n) is 8.12. The van der Waals surface area contributed by atoms with E-state index in [4.69, 9.17) is 0 Å². The second-order valence-electron chi connectivity index (χ2n) is 11.8. The van der Waals surface area contributed by atoms with E-state index in [1.165, 1.54) is 53.4 Å². The van der Waals surface area contributed by atoms with E-state index >= 15 is 0 Å². The van der Waals surface area contributed by atoms with E-state index in [9.17, 15) is 40.7 Å². The summed E-state index contributed by atoms with van der Waals surface area (Å²) in [4.78, 5) is 28.6. The predicted molar refractivity (Wildman–Crippen MR) is 184 cm³/mol. The third kappa shape index (κ3) is 9.62. The van der Waals surface area contributed by atoms with Gasteiger partial charge in [0.2, 0.25) is 11.9 Å². The van der Waals surface area contributed by atoms with Gasteiger partial charge in [0.15, 0.2) is 0 Å². The van der Waals surface area contributed by atoms with Gasteiger partial charge in [-0.15, -0.1) is 13.2 Å². The summed E-state index contributed by atoms with van der Waals surface area (Å²) in [5.41, 5.74) is 1.13. The van der Waals surface area contributed by atoms with Crippen LogP contribution in [0.3, 0.4) is 0 Å². The Kier molecular flexibility index (Phi) is 12.0. The van der Waals surface area contributed by atoms with E-state index < -0.39 is 46.2 Å². The molecule has 4 aromatic carbocycles. The Bertz CT molecular complexity index is 1920. The fourth-order valence-electron chi connectivity index (χ4n) is 5.87. The summed E-state index contributed by atoms with van der Waals surface area (Å²) in [5, 5.41) is 17.2. The van der Waals surface area contributed by atoms with Gasteiger partial charge in [-0.2, -0.15) is 0 Å². The minimum Gasteiger partial charge on any atom is -0.406 e. The van der Waals surface area contributed by atoms with E-state index in [1.54, 1.807) is 54.6 Å². The van der Waals surface area contributed by atoms with Crippen LogP contribution in [0.5, 0.6) is 5.75 Å². The SMILES string of the molecule is O=C(N[C@@H](Cc1ccccc1)[C@H](O)CNCc1cccc(OC(F)(F)F)c1)c1cccc(N(c2ccccc2)S(=O)(=O)CF)c1N1CCCC1=O. The molecular formula is C36H36F4N4O6S. The monoisotopic (exact) mass is 728 g/mol. The van der Waals surface area contributed by atoms with Gasteiger partial charge < -0.3 is 25.4 Å². The lowest BCUT2D eigenvalue weighted by Crippen LogP contribution is -2.49. The predicted octanol–water partition coefficient (Wildman–Crippen LogP) is 5.60. The fourth-order valence-corrected chi connectivity index (χ4v) is 6.85. The van der Waals surface area contributed by atoms with Gasteiger partial charge in [-0.3, -0.25) is 9.59 Å². The highest BCUT2D eigenvalue weighted by Crippen LogP contribution is 2.41. The molecule has 0 radical (unpaired) electrons. The van der Waals surface area contributed by atoms with Crippen LogP contribution in [0.4, 0.5) is 34.6 Å². The van der Waals surface area contributed by atoms with Crippen molar-refractivity contribution >= 4 is 38.9 Å². The zero-order chi connectivity index (χ0) is 36.6. The lowest BCUT2D eigenvalue weighted by atomic mass is 10.00. The molecule has 5 rings (SSSR count). The molecule has 2 amide bonds. The number of hydrogen-bond acceptors (Lipinski definition) is 7. The zero-order valence-corrected chi connectivity index (χ0v) is 28.0. The molecule has 1 saturated heterocycles. The Balaban J connectivity index is 1.45. The van der Waals surface area contributed by atoms with Crippen LogP contribution in [-0.2, 0) is 27.8 Å². The van der Waals surface area contributed by atoms with E-state index in [0.717, 1.165) is 9.87 Å². The summed E-state index contributed by atoms with van der Waals surface area (Å²) in [6, 6.07) is 23.7. The Morgan fingerprint density at radius 2 is 1.61 bits per heavy atom. The van der Waals surface area contributed by atoms with Crippen molar-refractivity contribution < 1.29 is 45.4 Å². The van der Waals surface area contributed by atoms with Crippen molar-refractivity contribution in [2.75, 3.05) is 28.3 Å². The van der Waals surface area contributed by atoms with Crippen LogP contribution in [0.1, 0.15) is 34.3 Å². The number of rotatable bonds is 15. The number of alkyl halides is 4. The van der Waals surface area contributed by atoms with Gasteiger partial charge >= 0.3 is 6.36 Å². The third-order valence-corrected chi connectivity index (χ3v) is 9.36. The minimum atomic E-state index is -4.85. The lowest BCUT2D eigenvalue weighted by molar-refractivity contribution is -0.274. The van der Waals surface area contributed by atoms with Crippen molar-refractivity contribution in [2.24, 2.45) is 0 Å². The molecule has 10 nitrogen and oxygen atoms in total. The standard InChI is InChI=1S/C36H36F4N4O6S/c37-24-51(48,49)44(27-13-5-2-6-14-27)31-17-8-16-29(34(31)43-19-9-18-33(43)46)35(47)42-30(21-25-10-3-1-4-11-25)32(45)23-41-22-26-12-7-15-28(20-26)50-36(38,39)40/h1-8,10-17,20,30,32,41,45H,9,18-19,21-24H2,(H,42,47)/t30-,32+/m0/s1. The van der Waals surface area contributed by atoms with Crippen molar-refractivity contribution in [3.05, 3.63) is 120 Å². The molecule has 0 aromatic heterocycles. The van der Waals surface area contributed by atoms with Gasteiger partial charge in [0.1, 0.15) is 5.75 Å². The van der Waals surface area contributed by atoms with Crippen LogP contribution in [0.25, 0.3) is 0 Å². The summed E-state index contributed by atoms with van der Waals surface area (Å²) in [5.74, 6) is -1.47. The van der Waals surface area contributed by atoms with Crippen molar-refractivity contribution in [3.8, 4) is 5.75 Å². The number of para-hydroxylation sites is 2. The van der Waals surface area contributed by atoms with E-state index in [0.29, 0.717) is 12.0 Å². The summed E-state index contributed by atoms with van der Waals surface area (Å²) in [7, 11) is -4.62. The summed E-state index contributed by atoms with van der Waals surface area (Å²) in [6.07, 6.45) is -5.32. The first-order chi connectivity index (χ1) is 24.4. The highest BCUT2D eigenvalue weighted by molar-refractivity contribution is 7.93. The first kappa shape index (κ1) is 37.3. The van der Waals surface area contributed by atoms with Crippen molar-refractivity contribution in [1.82, 2.24) is 10.6 Å². The molecular weight excluding hydrogens is 692 g/mol. The average Bonchev–Trinajstić information content (AvgIpc) is 3.53. The minimum absolute atomic E-state index is 0.0228. The number of benzene rings is 4. The van der Waals surface area contributed by atoms with E-state index in [1.807, 2.05) is 0 Å². The Labute approximate surface area is 292 Å². The van der Waals surface area contributed by atoms with Gasteiger partial charge in [-0.1, -0.05) is 66.7 Å². The number of aliphatic hydroxyl groups is 1. The van der Waals surface area contributed by atoms with Crippen LogP contribution in [-0.4, -0.2) is 62.9 Å². The molecule has 3 N–H and O–H groups in total. The van der Waals surface area contributed by atoms with Crippen molar-refractivity contribution in [3.63, 3.8) is 0 Å². The first-order valence-electron chi connectivity index (χ1n) is 16.0. The number of nitrogens with zero attached hydrogens (tertiary/aromatic N) is 2. The fraction of sp³-hybridized carbons (Fsp3) is 0.278. The smallest absolute Gasteiger partial charge is 0.406 e. The molecule has 1 heterocycles. The number of anilines is 3. The van der Waals surface area contributed by atoms with E-state index in [-0.39, 0.29) is 61.0 Å². The maximum absolute atomic E-state index is 14.2. The molecule has 0 unspecified atom stereocenters. The highest BCUT2D eigenvalue weighted by Gasteiger charge is 2.35. The second-order valence-corrected chi connectivity index (χ2v) is 13.6. The number of carbonyl (C=O) groups excluding carboxylic acids is 2. The van der Waals surface area contributed by atoms with Crippen LogP contribution in [0.2, 0.25) is 0 Å². The number of sulfonamides is 1. The van der Waals surface area contributed by atoms with Crippen molar-refractivity contribution in [2.45, 2.75) is 44.3 Å². The van der Waals surface area contributed by atoms with Crippen LogP contribution < -0.4 is 24.6 Å². The molecule has 2 atom stereocenters. The molecule has 0 bridgehead atoms. The zero-order valence-electron chi connectivity index (χ0n) is 27.2. The van der Waals surface area contributed by atoms with Crippen LogP contribution in [0.15, 0.2) is 103 Å². The molecule has 51 heavy (non-hydrogen) atoms. The average molecular weight is 729 g/mol. The maximum Gasteiger partial charge on any atom is 0.573 e. The molecule has 4 aromatic rings. The Morgan fingerprint density at radius 3 is 2.25 bits per heavy atom. The Hall–Kier alpha value is -4.99. The van der Waals surface area contributed by atoms with Gasteiger partial charge in [0.05, 0.1) is 34.8 Å². The molecule has 0 spiro atoms. The largest absolute Gasteiger partial charge is 0.573 e. The normalized spacial score (nSPS) is 14.6. The number of halogens is 4. The van der Waals surface area contributed by atoms with Crippen LogP contribution in [0, 0.1) is 0 Å². The van der Waals surface area contributed by atoms with Gasteiger partial charge in [-0.25, -0.2) is 17.1 Å². The number of amides is 2. The summed E-state index contributed by atoms with van der Waals surface area (Å²) < 4.78 is 83.4. The van der Waals surface area contributed by atoms with Crippen molar-refractivity contribution in [1.29, 1.82) is 0 Å². The summed E-state index contributed by atoms with van der Waals surface area (Å²) in [6.45, 7) is 0.166. The topological polar surface area (TPSA) is 128 Å². The molecule has 0 saturated carbocycles. The van der Waals surface area contributed by atoms with Gasteiger partial charge in [0, 0.05) is 26.1 Å². The molecule has 1 aliphatic heterocycles. The Morgan fingerprint density at radius 1 is 0.941 bits per heavy atom. The van der Waals surface area contributed by atoms with Gasteiger partial charge in [0.25, 0.3) is 15.9 Å². The number of aliphatic hydroxyl groups excluding tert-OH is 1. The summed E-state index contributed by atoms with van der Waals surface area (Å²) >= 11 is 0. The quantitative estimate of drug-likeness (QED) is 0.136. The molecule has 0 aliphatic carbocycles. The molecule has 270 valence electrons. The molecule has 15 heteroatoms. The van der Waals surface area contributed by atoms with E-state index in [2.05, 4.69) is 15.4 Å². The maximum atomic E-state index is 14.2. The highest BCUT2D eigenvalue weighted by atomic mass is 32.2. The number of nitrogens with one attached hydrogen (secondary N) is 2. The molecule has 1 fully saturated rings. The second kappa shape index (κ2) is 16.4. The number of hydrogen-bond donors (Lipinski definition) is 3. The van der Waals surface area contributed by atoms with Crippen LogP contribution >= 0.6 is 0 Å².